The van der Waals surface area contributed by atoms with Crippen LogP contribution in [0.3, 0.4) is 0 Å². The molecule has 1 aromatic heterocycles. The van der Waals surface area contributed by atoms with Crippen molar-refractivity contribution in [1.29, 1.82) is 0 Å². The van der Waals surface area contributed by atoms with E-state index in [-0.39, 0.29) is 17.7 Å². The zero-order valence-corrected chi connectivity index (χ0v) is 8.90. The third-order valence-electron chi connectivity index (χ3n) is 2.27. The molecule has 0 spiro atoms. The van der Waals surface area contributed by atoms with Crippen LogP contribution in [0.1, 0.15) is 33.7 Å². The van der Waals surface area contributed by atoms with E-state index in [1.54, 1.807) is 6.07 Å². The summed E-state index contributed by atoms with van der Waals surface area (Å²) in [7, 11) is 1.53. The molecule has 0 bridgehead atoms. The van der Waals surface area contributed by atoms with Gasteiger partial charge in [-0.2, -0.15) is 0 Å². The van der Waals surface area contributed by atoms with Crippen LogP contribution in [-0.4, -0.2) is 30.3 Å². The van der Waals surface area contributed by atoms with E-state index in [1.165, 1.54) is 13.2 Å². The molecule has 5 nitrogen and oxygen atoms in total. The first-order chi connectivity index (χ1) is 7.74. The molecule has 0 unspecified atom stereocenters. The normalized spacial score (nSPS) is 14.3. The van der Waals surface area contributed by atoms with E-state index in [2.05, 4.69) is 10.3 Å². The molecule has 1 aliphatic carbocycles. The monoisotopic (exact) mass is 220 g/mol. The number of pyridine rings is 1. The number of ether oxygens (including phenoxy) is 1. The third-order valence-corrected chi connectivity index (χ3v) is 2.27. The van der Waals surface area contributed by atoms with Crippen molar-refractivity contribution in [2.24, 2.45) is 0 Å². The highest BCUT2D eigenvalue weighted by atomic mass is 16.5. The number of hydrogen-bond acceptors (Lipinski definition) is 4. The van der Waals surface area contributed by atoms with E-state index in [1.807, 2.05) is 0 Å². The molecule has 1 saturated carbocycles. The average molecular weight is 220 g/mol. The SMILES string of the molecule is CNC(=O)c1ncc(C=O)cc1OC1CC1. The maximum atomic E-state index is 11.5. The van der Waals surface area contributed by atoms with E-state index in [0.717, 1.165) is 12.8 Å². The van der Waals surface area contributed by atoms with Gasteiger partial charge in [0.2, 0.25) is 0 Å². The number of amides is 1. The van der Waals surface area contributed by atoms with Gasteiger partial charge in [-0.1, -0.05) is 0 Å². The Labute approximate surface area is 92.8 Å². The molecular formula is C11H12N2O3. The Morgan fingerprint density at radius 3 is 2.94 bits per heavy atom. The summed E-state index contributed by atoms with van der Waals surface area (Å²) in [5.74, 6) is 0.0690. The second kappa shape index (κ2) is 4.30. The first-order valence-electron chi connectivity index (χ1n) is 5.08. The van der Waals surface area contributed by atoms with Crippen LogP contribution < -0.4 is 10.1 Å². The largest absolute Gasteiger partial charge is 0.488 e. The zero-order chi connectivity index (χ0) is 11.5. The molecule has 1 N–H and O–H groups in total. The molecule has 1 amide bonds. The number of hydrogen-bond donors (Lipinski definition) is 1. The van der Waals surface area contributed by atoms with Crippen molar-refractivity contribution < 1.29 is 14.3 Å². The van der Waals surface area contributed by atoms with Gasteiger partial charge in [-0.05, 0) is 18.9 Å². The Kier molecular flexibility index (Phi) is 2.85. The van der Waals surface area contributed by atoms with Gasteiger partial charge in [0, 0.05) is 18.8 Å². The lowest BCUT2D eigenvalue weighted by Gasteiger charge is -2.09. The van der Waals surface area contributed by atoms with Crippen LogP contribution in [0.4, 0.5) is 0 Å². The van der Waals surface area contributed by atoms with E-state index in [9.17, 15) is 9.59 Å². The molecule has 16 heavy (non-hydrogen) atoms. The molecule has 84 valence electrons. The number of aromatic nitrogens is 1. The second-order valence-electron chi connectivity index (χ2n) is 3.63. The van der Waals surface area contributed by atoms with Gasteiger partial charge in [-0.3, -0.25) is 9.59 Å². The van der Waals surface area contributed by atoms with Crippen LogP contribution in [0.25, 0.3) is 0 Å². The fraction of sp³-hybridized carbons (Fsp3) is 0.364. The number of carbonyl (C=O) groups is 2. The lowest BCUT2D eigenvalue weighted by Crippen LogP contribution is -2.20. The van der Waals surface area contributed by atoms with Crippen molar-refractivity contribution in [3.8, 4) is 5.75 Å². The molecule has 0 aromatic carbocycles. The van der Waals surface area contributed by atoms with Crippen LogP contribution in [0.2, 0.25) is 0 Å². The Morgan fingerprint density at radius 2 is 2.38 bits per heavy atom. The lowest BCUT2D eigenvalue weighted by molar-refractivity contribution is 0.0952. The standard InChI is InChI=1S/C11H12N2O3/c1-12-11(15)10-9(16-8-2-3-8)4-7(6-14)5-13-10/h4-6,8H,2-3H2,1H3,(H,12,15). The maximum absolute atomic E-state index is 11.5. The Morgan fingerprint density at radius 1 is 1.62 bits per heavy atom. The quantitative estimate of drug-likeness (QED) is 0.762. The van der Waals surface area contributed by atoms with E-state index in [0.29, 0.717) is 17.6 Å². The highest BCUT2D eigenvalue weighted by molar-refractivity contribution is 5.95. The van der Waals surface area contributed by atoms with Crippen LogP contribution in [0, 0.1) is 0 Å². The molecule has 0 atom stereocenters. The van der Waals surface area contributed by atoms with Crippen LogP contribution in [0.5, 0.6) is 5.75 Å². The summed E-state index contributed by atoms with van der Waals surface area (Å²) in [4.78, 5) is 26.0. The van der Waals surface area contributed by atoms with Crippen molar-refractivity contribution >= 4 is 12.2 Å². The Bertz CT molecular complexity index is 427. The molecule has 5 heteroatoms. The fourth-order valence-electron chi connectivity index (χ4n) is 1.27. The van der Waals surface area contributed by atoms with Gasteiger partial charge in [-0.15, -0.1) is 0 Å². The summed E-state index contributed by atoms with van der Waals surface area (Å²) in [5, 5.41) is 2.48. The molecule has 1 heterocycles. The third kappa shape index (κ3) is 2.18. The van der Waals surface area contributed by atoms with Crippen molar-refractivity contribution in [1.82, 2.24) is 10.3 Å². The van der Waals surface area contributed by atoms with Gasteiger partial charge in [-0.25, -0.2) is 4.98 Å². The van der Waals surface area contributed by atoms with Gasteiger partial charge in [0.15, 0.2) is 17.7 Å². The molecule has 0 aliphatic heterocycles. The van der Waals surface area contributed by atoms with Crippen molar-refractivity contribution in [2.75, 3.05) is 7.05 Å². The topological polar surface area (TPSA) is 68.3 Å². The molecule has 0 saturated heterocycles. The number of nitrogens with one attached hydrogen (secondary N) is 1. The highest BCUT2D eigenvalue weighted by Crippen LogP contribution is 2.28. The molecule has 2 rings (SSSR count). The summed E-state index contributed by atoms with van der Waals surface area (Å²) in [5.41, 5.74) is 0.628. The summed E-state index contributed by atoms with van der Waals surface area (Å²) in [6, 6.07) is 1.54. The number of rotatable bonds is 4. The van der Waals surface area contributed by atoms with Crippen molar-refractivity contribution in [3.05, 3.63) is 23.5 Å². The van der Waals surface area contributed by atoms with Crippen molar-refractivity contribution in [2.45, 2.75) is 18.9 Å². The second-order valence-corrected chi connectivity index (χ2v) is 3.63. The summed E-state index contributed by atoms with van der Waals surface area (Å²) in [6.07, 6.45) is 4.17. The number of nitrogens with zero attached hydrogens (tertiary/aromatic N) is 1. The molecular weight excluding hydrogens is 208 g/mol. The van der Waals surface area contributed by atoms with Crippen LogP contribution >= 0.6 is 0 Å². The van der Waals surface area contributed by atoms with Gasteiger partial charge in [0.05, 0.1) is 6.10 Å². The minimum Gasteiger partial charge on any atom is -0.488 e. The zero-order valence-electron chi connectivity index (χ0n) is 8.90. The molecule has 1 fully saturated rings. The summed E-state index contributed by atoms with van der Waals surface area (Å²) >= 11 is 0. The van der Waals surface area contributed by atoms with Gasteiger partial charge >= 0.3 is 0 Å². The fourth-order valence-corrected chi connectivity index (χ4v) is 1.27. The molecule has 0 radical (unpaired) electrons. The minimum absolute atomic E-state index is 0.159. The maximum Gasteiger partial charge on any atom is 0.273 e. The first kappa shape index (κ1) is 10.6. The van der Waals surface area contributed by atoms with Crippen molar-refractivity contribution in [3.63, 3.8) is 0 Å². The predicted octanol–water partition coefficient (Wildman–Crippen LogP) is 0.795. The van der Waals surface area contributed by atoms with E-state index < -0.39 is 0 Å². The van der Waals surface area contributed by atoms with Crippen LogP contribution in [0.15, 0.2) is 12.3 Å². The predicted molar refractivity (Wildman–Crippen MR) is 56.7 cm³/mol. The Hall–Kier alpha value is -1.91. The summed E-state index contributed by atoms with van der Waals surface area (Å²) in [6.45, 7) is 0. The molecule has 1 aromatic rings. The van der Waals surface area contributed by atoms with E-state index in [4.69, 9.17) is 4.74 Å². The van der Waals surface area contributed by atoms with Crippen LogP contribution in [-0.2, 0) is 0 Å². The first-order valence-corrected chi connectivity index (χ1v) is 5.08. The number of carbonyl (C=O) groups excluding carboxylic acids is 2. The lowest BCUT2D eigenvalue weighted by atomic mass is 10.2. The van der Waals surface area contributed by atoms with Gasteiger partial charge in [0.1, 0.15) is 0 Å². The summed E-state index contributed by atoms with van der Waals surface area (Å²) < 4.78 is 5.54. The van der Waals surface area contributed by atoms with Gasteiger partial charge in [0.25, 0.3) is 5.91 Å². The smallest absolute Gasteiger partial charge is 0.273 e. The Balaban J connectivity index is 2.33. The average Bonchev–Trinajstić information content (AvgIpc) is 3.12. The number of aldehydes is 1. The van der Waals surface area contributed by atoms with E-state index >= 15 is 0 Å². The van der Waals surface area contributed by atoms with Gasteiger partial charge < -0.3 is 10.1 Å². The minimum atomic E-state index is -0.312. The molecule has 1 aliphatic rings. The highest BCUT2D eigenvalue weighted by Gasteiger charge is 2.26.